The van der Waals surface area contributed by atoms with Crippen molar-refractivity contribution in [3.63, 3.8) is 0 Å². The minimum atomic E-state index is -3.06. The molecule has 5 N–H and O–H groups in total. The highest BCUT2D eigenvalue weighted by Gasteiger charge is 2.24. The normalized spacial score (nSPS) is 14.6. The fourth-order valence-corrected chi connectivity index (χ4v) is 2.90. The number of nitrogens with two attached hydrogens (primary N) is 2. The molecule has 0 rings (SSSR count). The maximum Gasteiger partial charge on any atom is 0.346 e. The Morgan fingerprint density at radius 2 is 1.89 bits per heavy atom. The van der Waals surface area contributed by atoms with E-state index in [-0.39, 0.29) is 0 Å². The van der Waals surface area contributed by atoms with Crippen LogP contribution in [0.25, 0.3) is 0 Å². The summed E-state index contributed by atoms with van der Waals surface area (Å²) in [6, 6.07) is 0. The number of hydrogen-bond donors (Lipinski definition) is 3. The Hall–Kier alpha value is 0.0300. The second kappa shape index (κ2) is 12.1. The van der Waals surface area contributed by atoms with E-state index in [1.165, 1.54) is 12.8 Å². The Morgan fingerprint density at radius 3 is 2.50 bits per heavy atom. The van der Waals surface area contributed by atoms with Crippen LogP contribution in [0.5, 0.6) is 0 Å². The Labute approximate surface area is 110 Å². The third kappa shape index (κ3) is 10.00. The van der Waals surface area contributed by atoms with Gasteiger partial charge in [0.15, 0.2) is 0 Å². The number of unbranched alkanes of at least 4 members (excludes halogenated alkanes) is 3. The molecule has 1 unspecified atom stereocenters. The van der Waals surface area contributed by atoms with Crippen LogP contribution in [0.2, 0.25) is 0 Å². The van der Waals surface area contributed by atoms with Crippen molar-refractivity contribution < 1.29 is 13.7 Å². The second-order valence-corrected chi connectivity index (χ2v) is 6.25. The first kappa shape index (κ1) is 18.0. The SMILES string of the molecule is CCCCCCOP(=O)(CCCN)ONCCN. The van der Waals surface area contributed by atoms with Gasteiger partial charge in [0.25, 0.3) is 0 Å². The number of nitrogens with one attached hydrogen (secondary N) is 1. The molecule has 0 aliphatic heterocycles. The molecule has 1 atom stereocenters. The first-order valence-electron chi connectivity index (χ1n) is 6.73. The standard InChI is InChI=1S/C11H28N3O3P/c1-2-3-4-5-10-16-18(15,11-6-7-12)17-14-9-8-13/h14H,2-13H2,1H3. The summed E-state index contributed by atoms with van der Waals surface area (Å²) in [5.74, 6) is 0. The molecule has 0 amide bonds. The van der Waals surface area contributed by atoms with E-state index in [9.17, 15) is 4.57 Å². The molecule has 110 valence electrons. The summed E-state index contributed by atoms with van der Waals surface area (Å²) < 4.78 is 22.8. The summed E-state index contributed by atoms with van der Waals surface area (Å²) in [7, 11) is -3.06. The number of hydroxylamine groups is 1. The topological polar surface area (TPSA) is 99.6 Å². The van der Waals surface area contributed by atoms with Crippen LogP contribution in [-0.4, -0.2) is 32.4 Å². The lowest BCUT2D eigenvalue weighted by Gasteiger charge is -2.18. The number of rotatable bonds is 13. The van der Waals surface area contributed by atoms with Crippen molar-refractivity contribution in [1.29, 1.82) is 0 Å². The molecule has 0 heterocycles. The first-order valence-corrected chi connectivity index (χ1v) is 8.46. The van der Waals surface area contributed by atoms with Crippen LogP contribution < -0.4 is 16.9 Å². The van der Waals surface area contributed by atoms with Crippen molar-refractivity contribution in [2.45, 2.75) is 39.0 Å². The van der Waals surface area contributed by atoms with E-state index in [1.807, 2.05) is 0 Å². The maximum absolute atomic E-state index is 12.3. The lowest BCUT2D eigenvalue weighted by Crippen LogP contribution is -2.23. The fourth-order valence-electron chi connectivity index (χ4n) is 1.36. The molecule has 0 aliphatic carbocycles. The first-order chi connectivity index (χ1) is 8.68. The van der Waals surface area contributed by atoms with Gasteiger partial charge in [-0.05, 0) is 19.4 Å². The van der Waals surface area contributed by atoms with Crippen LogP contribution in [0.4, 0.5) is 0 Å². The average molecular weight is 281 g/mol. The van der Waals surface area contributed by atoms with Gasteiger partial charge in [0.1, 0.15) is 0 Å². The number of hydrogen-bond acceptors (Lipinski definition) is 6. The molecule has 0 aromatic rings. The largest absolute Gasteiger partial charge is 0.346 e. The zero-order chi connectivity index (χ0) is 13.7. The van der Waals surface area contributed by atoms with Crippen molar-refractivity contribution in [2.24, 2.45) is 11.5 Å². The van der Waals surface area contributed by atoms with Crippen LogP contribution in [0.3, 0.4) is 0 Å². The van der Waals surface area contributed by atoms with Crippen LogP contribution in [0.1, 0.15) is 39.0 Å². The molecule has 0 aliphatic rings. The highest BCUT2D eigenvalue weighted by atomic mass is 31.2. The van der Waals surface area contributed by atoms with E-state index in [2.05, 4.69) is 12.4 Å². The van der Waals surface area contributed by atoms with Gasteiger partial charge in [0.05, 0.1) is 12.8 Å². The summed E-state index contributed by atoms with van der Waals surface area (Å²) in [4.78, 5) is 0. The van der Waals surface area contributed by atoms with Gasteiger partial charge in [-0.25, -0.2) is 4.62 Å². The molecule has 18 heavy (non-hydrogen) atoms. The average Bonchev–Trinajstić information content (AvgIpc) is 2.37. The van der Waals surface area contributed by atoms with E-state index in [0.717, 1.165) is 12.8 Å². The Kier molecular flexibility index (Phi) is 12.1. The third-order valence-corrected chi connectivity index (χ3v) is 4.22. The van der Waals surface area contributed by atoms with E-state index in [4.69, 9.17) is 20.6 Å². The van der Waals surface area contributed by atoms with E-state index >= 15 is 0 Å². The summed E-state index contributed by atoms with van der Waals surface area (Å²) in [6.07, 6.45) is 5.29. The molecule has 0 bridgehead atoms. The predicted octanol–water partition coefficient (Wildman–Crippen LogP) is 1.61. The quantitative estimate of drug-likeness (QED) is 0.269. The minimum Gasteiger partial charge on any atom is -0.330 e. The molecular formula is C11H28N3O3P. The smallest absolute Gasteiger partial charge is 0.330 e. The summed E-state index contributed by atoms with van der Waals surface area (Å²) in [5.41, 5.74) is 13.3. The molecule has 0 spiro atoms. The lowest BCUT2D eigenvalue weighted by atomic mass is 10.2. The van der Waals surface area contributed by atoms with Crippen molar-refractivity contribution in [1.82, 2.24) is 5.48 Å². The van der Waals surface area contributed by atoms with Gasteiger partial charge in [0.2, 0.25) is 0 Å². The van der Waals surface area contributed by atoms with Gasteiger partial charge in [-0.15, -0.1) is 0 Å². The van der Waals surface area contributed by atoms with Gasteiger partial charge < -0.3 is 16.0 Å². The summed E-state index contributed by atoms with van der Waals surface area (Å²) in [5, 5.41) is 0. The van der Waals surface area contributed by atoms with Crippen molar-refractivity contribution in [3.05, 3.63) is 0 Å². The van der Waals surface area contributed by atoms with Gasteiger partial charge >= 0.3 is 7.60 Å². The fraction of sp³-hybridized carbons (Fsp3) is 1.00. The Balaban J connectivity index is 3.91. The molecule has 0 aromatic heterocycles. The minimum absolute atomic E-state index is 0.342. The monoisotopic (exact) mass is 281 g/mol. The maximum atomic E-state index is 12.3. The summed E-state index contributed by atoms with van der Waals surface area (Å²) >= 11 is 0. The van der Waals surface area contributed by atoms with E-state index in [0.29, 0.717) is 38.8 Å². The summed E-state index contributed by atoms with van der Waals surface area (Å²) in [6.45, 7) is 3.96. The Bertz CT molecular complexity index is 230. The molecule has 0 fully saturated rings. The van der Waals surface area contributed by atoms with Gasteiger partial charge in [-0.3, -0.25) is 4.57 Å². The molecule has 0 radical (unpaired) electrons. The van der Waals surface area contributed by atoms with Crippen molar-refractivity contribution in [3.8, 4) is 0 Å². The highest BCUT2D eigenvalue weighted by Crippen LogP contribution is 2.47. The van der Waals surface area contributed by atoms with Crippen molar-refractivity contribution >= 4 is 7.60 Å². The van der Waals surface area contributed by atoms with Crippen LogP contribution in [0, 0.1) is 0 Å². The predicted molar refractivity (Wildman–Crippen MR) is 74.4 cm³/mol. The molecular weight excluding hydrogens is 253 g/mol. The van der Waals surface area contributed by atoms with Gasteiger partial charge in [-0.2, -0.15) is 5.48 Å². The van der Waals surface area contributed by atoms with Crippen LogP contribution in [-0.2, 0) is 13.7 Å². The van der Waals surface area contributed by atoms with Gasteiger partial charge in [-0.1, -0.05) is 26.2 Å². The molecule has 7 heteroatoms. The molecule has 0 saturated carbocycles. The zero-order valence-corrected chi connectivity index (χ0v) is 12.3. The molecule has 0 saturated heterocycles. The highest BCUT2D eigenvalue weighted by molar-refractivity contribution is 7.53. The van der Waals surface area contributed by atoms with Crippen molar-refractivity contribution in [2.75, 3.05) is 32.4 Å². The molecule has 6 nitrogen and oxygen atoms in total. The van der Waals surface area contributed by atoms with Crippen LogP contribution in [0.15, 0.2) is 0 Å². The third-order valence-electron chi connectivity index (χ3n) is 2.37. The van der Waals surface area contributed by atoms with Gasteiger partial charge in [0, 0.05) is 13.1 Å². The molecule has 0 aromatic carbocycles. The van der Waals surface area contributed by atoms with Crippen LogP contribution >= 0.6 is 7.60 Å². The van der Waals surface area contributed by atoms with E-state index < -0.39 is 7.60 Å². The van der Waals surface area contributed by atoms with E-state index in [1.54, 1.807) is 0 Å². The zero-order valence-electron chi connectivity index (χ0n) is 11.4. The second-order valence-electron chi connectivity index (χ2n) is 4.14. The Morgan fingerprint density at radius 1 is 1.11 bits per heavy atom. The lowest BCUT2D eigenvalue weighted by molar-refractivity contribution is 0.139.